The molecule has 0 amide bonds. The molecule has 0 saturated carbocycles. The highest BCUT2D eigenvalue weighted by molar-refractivity contribution is 8.15. The molecule has 1 N–H and O–H groups in total. The summed E-state index contributed by atoms with van der Waals surface area (Å²) in [6.45, 7) is 7.36. The molecule has 3 heteroatoms. The lowest BCUT2D eigenvalue weighted by Crippen LogP contribution is -2.07. The predicted molar refractivity (Wildman–Crippen MR) is 68.9 cm³/mol. The van der Waals surface area contributed by atoms with Crippen molar-refractivity contribution in [2.75, 3.05) is 11.9 Å². The SMILES string of the molecule is Cc1ccc(NC2=NCC(C)S2)c(C)c1. The average molecular weight is 220 g/mol. The first kappa shape index (κ1) is 10.6. The monoisotopic (exact) mass is 220 g/mol. The Balaban J connectivity index is 2.11. The van der Waals surface area contributed by atoms with Crippen molar-refractivity contribution < 1.29 is 0 Å². The van der Waals surface area contributed by atoms with E-state index in [1.54, 1.807) is 0 Å². The quantitative estimate of drug-likeness (QED) is 0.786. The number of nitrogens with zero attached hydrogens (tertiary/aromatic N) is 1. The topological polar surface area (TPSA) is 24.4 Å². The van der Waals surface area contributed by atoms with Gasteiger partial charge >= 0.3 is 0 Å². The number of amidine groups is 1. The van der Waals surface area contributed by atoms with E-state index >= 15 is 0 Å². The second kappa shape index (κ2) is 4.27. The van der Waals surface area contributed by atoms with Gasteiger partial charge in [0, 0.05) is 10.9 Å². The van der Waals surface area contributed by atoms with E-state index in [0.29, 0.717) is 5.25 Å². The van der Waals surface area contributed by atoms with Crippen LogP contribution in [0.15, 0.2) is 23.2 Å². The van der Waals surface area contributed by atoms with Crippen molar-refractivity contribution in [3.8, 4) is 0 Å². The molecule has 80 valence electrons. The maximum atomic E-state index is 4.44. The van der Waals surface area contributed by atoms with Gasteiger partial charge in [0.25, 0.3) is 0 Å². The fourth-order valence-corrected chi connectivity index (χ4v) is 2.46. The van der Waals surface area contributed by atoms with Crippen LogP contribution >= 0.6 is 11.8 Å². The lowest BCUT2D eigenvalue weighted by atomic mass is 10.1. The van der Waals surface area contributed by atoms with Gasteiger partial charge in [-0.3, -0.25) is 4.99 Å². The number of hydrogen-bond donors (Lipinski definition) is 1. The molecule has 2 nitrogen and oxygen atoms in total. The number of nitrogens with one attached hydrogen (secondary N) is 1. The third kappa shape index (κ3) is 2.53. The van der Waals surface area contributed by atoms with Crippen LogP contribution in [0.3, 0.4) is 0 Å². The van der Waals surface area contributed by atoms with E-state index in [1.807, 2.05) is 11.8 Å². The van der Waals surface area contributed by atoms with Crippen molar-refractivity contribution in [2.24, 2.45) is 4.99 Å². The minimum atomic E-state index is 0.609. The van der Waals surface area contributed by atoms with E-state index in [0.717, 1.165) is 11.7 Å². The fourth-order valence-electron chi connectivity index (χ4n) is 1.61. The molecular formula is C12H16N2S. The van der Waals surface area contributed by atoms with Crippen LogP contribution in [-0.2, 0) is 0 Å². The van der Waals surface area contributed by atoms with Crippen LogP contribution in [0.1, 0.15) is 18.1 Å². The van der Waals surface area contributed by atoms with Gasteiger partial charge in [0.2, 0.25) is 0 Å². The third-order valence-corrected chi connectivity index (χ3v) is 3.43. The van der Waals surface area contributed by atoms with E-state index in [2.05, 4.69) is 49.3 Å². The molecule has 1 atom stereocenters. The molecule has 1 unspecified atom stereocenters. The van der Waals surface area contributed by atoms with E-state index in [-0.39, 0.29) is 0 Å². The molecule has 1 aromatic rings. The highest BCUT2D eigenvalue weighted by Gasteiger charge is 2.15. The molecule has 1 aliphatic heterocycles. The first-order valence-corrected chi connectivity index (χ1v) is 6.08. The van der Waals surface area contributed by atoms with Crippen molar-refractivity contribution >= 4 is 22.6 Å². The predicted octanol–water partition coefficient (Wildman–Crippen LogP) is 3.21. The summed E-state index contributed by atoms with van der Waals surface area (Å²) in [6, 6.07) is 6.43. The van der Waals surface area contributed by atoms with E-state index < -0.39 is 0 Å². The number of aryl methyl sites for hydroxylation is 2. The van der Waals surface area contributed by atoms with Crippen LogP contribution in [0, 0.1) is 13.8 Å². The molecule has 0 spiro atoms. The maximum Gasteiger partial charge on any atom is 0.161 e. The molecule has 0 aromatic heterocycles. The number of rotatable bonds is 1. The standard InChI is InChI=1S/C12H16N2S/c1-8-4-5-11(9(2)6-8)14-12-13-7-10(3)15-12/h4-6,10H,7H2,1-3H3,(H,13,14). The van der Waals surface area contributed by atoms with Gasteiger partial charge in [0.1, 0.15) is 0 Å². The normalized spacial score (nSPS) is 20.2. The third-order valence-electron chi connectivity index (χ3n) is 2.43. The summed E-state index contributed by atoms with van der Waals surface area (Å²) in [6.07, 6.45) is 0. The first-order chi connectivity index (χ1) is 7.15. The van der Waals surface area contributed by atoms with Crippen LogP contribution in [0.5, 0.6) is 0 Å². The Bertz CT molecular complexity index is 399. The minimum absolute atomic E-state index is 0.609. The molecular weight excluding hydrogens is 204 g/mol. The van der Waals surface area contributed by atoms with Gasteiger partial charge in [0.05, 0.1) is 6.54 Å². The molecule has 0 radical (unpaired) electrons. The largest absolute Gasteiger partial charge is 0.335 e. The van der Waals surface area contributed by atoms with Gasteiger partial charge in [-0.15, -0.1) is 0 Å². The summed E-state index contributed by atoms with van der Waals surface area (Å²) >= 11 is 1.81. The van der Waals surface area contributed by atoms with Crippen LogP contribution in [0.2, 0.25) is 0 Å². The Morgan fingerprint density at radius 1 is 1.40 bits per heavy atom. The van der Waals surface area contributed by atoms with Crippen molar-refractivity contribution in [3.63, 3.8) is 0 Å². The van der Waals surface area contributed by atoms with Gasteiger partial charge in [0.15, 0.2) is 5.17 Å². The highest BCUT2D eigenvalue weighted by atomic mass is 32.2. The molecule has 2 rings (SSSR count). The summed E-state index contributed by atoms with van der Waals surface area (Å²) in [5.41, 5.74) is 3.74. The van der Waals surface area contributed by atoms with Gasteiger partial charge in [-0.25, -0.2) is 0 Å². The number of aliphatic imine (C=N–C) groups is 1. The zero-order valence-corrected chi connectivity index (χ0v) is 10.2. The van der Waals surface area contributed by atoms with Crippen LogP contribution < -0.4 is 5.32 Å². The molecule has 15 heavy (non-hydrogen) atoms. The first-order valence-electron chi connectivity index (χ1n) is 5.20. The van der Waals surface area contributed by atoms with Crippen molar-refractivity contribution in [2.45, 2.75) is 26.0 Å². The molecule has 0 fully saturated rings. The number of thioether (sulfide) groups is 1. The lowest BCUT2D eigenvalue weighted by molar-refractivity contribution is 0.976. The molecule has 1 aliphatic rings. The molecule has 1 aromatic carbocycles. The zero-order chi connectivity index (χ0) is 10.8. The van der Waals surface area contributed by atoms with Crippen LogP contribution in [-0.4, -0.2) is 17.0 Å². The Labute approximate surface area is 95.2 Å². The number of benzene rings is 1. The van der Waals surface area contributed by atoms with E-state index in [9.17, 15) is 0 Å². The Hall–Kier alpha value is -0.960. The number of anilines is 1. The fraction of sp³-hybridized carbons (Fsp3) is 0.417. The summed E-state index contributed by atoms with van der Waals surface area (Å²) in [4.78, 5) is 4.44. The maximum absolute atomic E-state index is 4.44. The van der Waals surface area contributed by atoms with Crippen molar-refractivity contribution in [3.05, 3.63) is 29.3 Å². The second-order valence-electron chi connectivity index (χ2n) is 4.02. The second-order valence-corrected chi connectivity index (χ2v) is 5.44. The average Bonchev–Trinajstić information content (AvgIpc) is 2.56. The Morgan fingerprint density at radius 3 is 2.80 bits per heavy atom. The van der Waals surface area contributed by atoms with Crippen LogP contribution in [0.4, 0.5) is 5.69 Å². The molecule has 1 heterocycles. The van der Waals surface area contributed by atoms with Gasteiger partial charge < -0.3 is 5.32 Å². The van der Waals surface area contributed by atoms with Crippen molar-refractivity contribution in [1.82, 2.24) is 0 Å². The highest BCUT2D eigenvalue weighted by Crippen LogP contribution is 2.23. The summed E-state index contributed by atoms with van der Waals surface area (Å²) in [7, 11) is 0. The molecule has 0 saturated heterocycles. The van der Waals surface area contributed by atoms with Crippen molar-refractivity contribution in [1.29, 1.82) is 0 Å². The summed E-state index contributed by atoms with van der Waals surface area (Å²) < 4.78 is 0. The Morgan fingerprint density at radius 2 is 2.20 bits per heavy atom. The molecule has 0 bridgehead atoms. The van der Waals surface area contributed by atoms with Crippen LogP contribution in [0.25, 0.3) is 0 Å². The Kier molecular flexibility index (Phi) is 3.00. The van der Waals surface area contributed by atoms with Gasteiger partial charge in [-0.05, 0) is 25.5 Å². The molecule has 0 aliphatic carbocycles. The minimum Gasteiger partial charge on any atom is -0.335 e. The van der Waals surface area contributed by atoms with Gasteiger partial charge in [-0.2, -0.15) is 0 Å². The van der Waals surface area contributed by atoms with E-state index in [1.165, 1.54) is 16.8 Å². The van der Waals surface area contributed by atoms with E-state index in [4.69, 9.17) is 0 Å². The van der Waals surface area contributed by atoms with Gasteiger partial charge in [-0.1, -0.05) is 36.4 Å². The summed E-state index contributed by atoms with van der Waals surface area (Å²) in [5.74, 6) is 0. The smallest absolute Gasteiger partial charge is 0.161 e. The zero-order valence-electron chi connectivity index (χ0n) is 9.37. The summed E-state index contributed by atoms with van der Waals surface area (Å²) in [5, 5.41) is 5.04. The number of hydrogen-bond acceptors (Lipinski definition) is 3. The lowest BCUT2D eigenvalue weighted by Gasteiger charge is -2.09.